The van der Waals surface area contributed by atoms with E-state index >= 15 is 0 Å². The zero-order valence-electron chi connectivity index (χ0n) is 9.60. The van der Waals surface area contributed by atoms with Gasteiger partial charge in [-0.15, -0.1) is 0 Å². The van der Waals surface area contributed by atoms with Crippen LogP contribution in [0.1, 0.15) is 23.7 Å². The first-order valence-electron chi connectivity index (χ1n) is 5.16. The van der Waals surface area contributed by atoms with Gasteiger partial charge in [-0.3, -0.25) is 4.72 Å². The van der Waals surface area contributed by atoms with Crippen LogP contribution in [-0.2, 0) is 10.2 Å². The van der Waals surface area contributed by atoms with Crippen LogP contribution < -0.4 is 9.44 Å². The van der Waals surface area contributed by atoms with E-state index in [-0.39, 0.29) is 12.2 Å². The lowest BCUT2D eigenvalue weighted by Crippen LogP contribution is -2.30. The molecule has 1 aromatic rings. The standard InChI is InChI=1S/C10H13FN2O4S/c1-2-5-12-18(16,17)13-7-3-4-8(10(14)15)9(11)6-7/h3-4,6,12-13H,2,5H2,1H3,(H,14,15). The van der Waals surface area contributed by atoms with Crippen LogP contribution in [0.25, 0.3) is 0 Å². The first-order chi connectivity index (χ1) is 8.35. The molecule has 0 spiro atoms. The van der Waals surface area contributed by atoms with Crippen LogP contribution in [0.3, 0.4) is 0 Å². The second-order valence-corrected chi connectivity index (χ2v) is 5.00. The maximum absolute atomic E-state index is 13.3. The van der Waals surface area contributed by atoms with Crippen LogP contribution in [0.4, 0.5) is 10.1 Å². The molecule has 0 fully saturated rings. The first-order valence-corrected chi connectivity index (χ1v) is 6.64. The highest BCUT2D eigenvalue weighted by atomic mass is 32.2. The SMILES string of the molecule is CCCNS(=O)(=O)Nc1ccc(C(=O)O)c(F)c1. The molecular weight excluding hydrogens is 263 g/mol. The van der Waals surface area contributed by atoms with Gasteiger partial charge in [-0.2, -0.15) is 13.1 Å². The summed E-state index contributed by atoms with van der Waals surface area (Å²) in [5.74, 6) is -2.41. The number of anilines is 1. The van der Waals surface area contributed by atoms with Crippen LogP contribution in [0.2, 0.25) is 0 Å². The fraction of sp³-hybridized carbons (Fsp3) is 0.300. The third kappa shape index (κ3) is 3.97. The number of hydrogen-bond acceptors (Lipinski definition) is 3. The van der Waals surface area contributed by atoms with Crippen LogP contribution in [0, 0.1) is 5.82 Å². The normalized spacial score (nSPS) is 11.2. The number of benzene rings is 1. The lowest BCUT2D eigenvalue weighted by molar-refractivity contribution is 0.0692. The van der Waals surface area contributed by atoms with Gasteiger partial charge < -0.3 is 5.11 Å². The van der Waals surface area contributed by atoms with E-state index in [9.17, 15) is 17.6 Å². The number of rotatable bonds is 6. The summed E-state index contributed by atoms with van der Waals surface area (Å²) in [6, 6.07) is 2.99. The molecule has 0 heterocycles. The van der Waals surface area contributed by atoms with Crippen molar-refractivity contribution in [3.05, 3.63) is 29.6 Å². The zero-order chi connectivity index (χ0) is 13.8. The van der Waals surface area contributed by atoms with Gasteiger partial charge in [-0.25, -0.2) is 9.18 Å². The van der Waals surface area contributed by atoms with Crippen molar-refractivity contribution in [2.24, 2.45) is 0 Å². The predicted molar refractivity (Wildman–Crippen MR) is 64.2 cm³/mol. The van der Waals surface area contributed by atoms with Gasteiger partial charge in [-0.1, -0.05) is 6.92 Å². The van der Waals surface area contributed by atoms with Gasteiger partial charge in [0.25, 0.3) is 10.2 Å². The summed E-state index contributed by atoms with van der Waals surface area (Å²) in [6.07, 6.45) is 0.618. The van der Waals surface area contributed by atoms with Crippen LogP contribution >= 0.6 is 0 Å². The molecule has 0 saturated carbocycles. The molecule has 0 aromatic heterocycles. The molecule has 0 radical (unpaired) electrons. The number of halogens is 1. The fourth-order valence-corrected chi connectivity index (χ4v) is 2.16. The maximum atomic E-state index is 13.3. The van der Waals surface area contributed by atoms with Crippen molar-refractivity contribution in [2.45, 2.75) is 13.3 Å². The Morgan fingerprint density at radius 1 is 1.44 bits per heavy atom. The van der Waals surface area contributed by atoms with Gasteiger partial charge in [0.1, 0.15) is 5.82 Å². The minimum atomic E-state index is -3.76. The Hall–Kier alpha value is -1.67. The molecule has 100 valence electrons. The molecule has 0 aliphatic carbocycles. The van der Waals surface area contributed by atoms with Crippen LogP contribution in [0.5, 0.6) is 0 Å². The van der Waals surface area contributed by atoms with E-state index in [1.807, 2.05) is 0 Å². The molecule has 0 aliphatic rings. The smallest absolute Gasteiger partial charge is 0.338 e. The monoisotopic (exact) mass is 276 g/mol. The second kappa shape index (κ2) is 5.78. The van der Waals surface area contributed by atoms with Crippen molar-refractivity contribution < 1.29 is 22.7 Å². The average molecular weight is 276 g/mol. The predicted octanol–water partition coefficient (Wildman–Crippen LogP) is 1.18. The summed E-state index contributed by atoms with van der Waals surface area (Å²) in [6.45, 7) is 2.05. The number of nitrogens with one attached hydrogen (secondary N) is 2. The molecule has 0 bridgehead atoms. The minimum Gasteiger partial charge on any atom is -0.478 e. The molecule has 3 N–H and O–H groups in total. The third-order valence-corrected chi connectivity index (χ3v) is 3.08. The Labute approximate surface area is 104 Å². The Balaban J connectivity index is 2.87. The number of carboxylic acid groups (broad SMARTS) is 1. The first kappa shape index (κ1) is 14.4. The highest BCUT2D eigenvalue weighted by Gasteiger charge is 2.13. The van der Waals surface area contributed by atoms with Crippen molar-refractivity contribution >= 4 is 21.9 Å². The quantitative estimate of drug-likeness (QED) is 0.727. The van der Waals surface area contributed by atoms with Crippen molar-refractivity contribution in [3.8, 4) is 0 Å². The van der Waals surface area contributed by atoms with Gasteiger partial charge >= 0.3 is 5.97 Å². The van der Waals surface area contributed by atoms with Crippen LogP contribution in [-0.4, -0.2) is 26.0 Å². The number of carboxylic acids is 1. The molecule has 0 amide bonds. The van der Waals surface area contributed by atoms with E-state index in [1.165, 1.54) is 6.07 Å². The highest BCUT2D eigenvalue weighted by Crippen LogP contribution is 2.15. The molecule has 18 heavy (non-hydrogen) atoms. The molecule has 8 heteroatoms. The van der Waals surface area contributed by atoms with Gasteiger partial charge in [-0.05, 0) is 24.6 Å². The minimum absolute atomic E-state index is 0.0406. The van der Waals surface area contributed by atoms with Crippen LogP contribution in [0.15, 0.2) is 18.2 Å². The summed E-state index contributed by atoms with van der Waals surface area (Å²) in [5.41, 5.74) is -0.555. The summed E-state index contributed by atoms with van der Waals surface area (Å²) in [4.78, 5) is 10.6. The van der Waals surface area contributed by atoms with E-state index in [4.69, 9.17) is 5.11 Å². The van der Waals surface area contributed by atoms with E-state index in [0.717, 1.165) is 12.1 Å². The Kier molecular flexibility index (Phi) is 4.62. The Morgan fingerprint density at radius 3 is 2.61 bits per heavy atom. The van der Waals surface area contributed by atoms with Crippen molar-refractivity contribution in [1.29, 1.82) is 0 Å². The molecule has 0 unspecified atom stereocenters. The second-order valence-electron chi connectivity index (χ2n) is 3.50. The van der Waals surface area contributed by atoms with E-state index < -0.39 is 27.6 Å². The van der Waals surface area contributed by atoms with E-state index in [1.54, 1.807) is 6.92 Å². The molecular formula is C10H13FN2O4S. The topological polar surface area (TPSA) is 95.5 Å². The zero-order valence-corrected chi connectivity index (χ0v) is 10.4. The Bertz CT molecular complexity index is 545. The summed E-state index contributed by atoms with van der Waals surface area (Å²) >= 11 is 0. The lowest BCUT2D eigenvalue weighted by atomic mass is 10.2. The summed E-state index contributed by atoms with van der Waals surface area (Å²) < 4.78 is 40.5. The molecule has 6 nitrogen and oxygen atoms in total. The van der Waals surface area contributed by atoms with Gasteiger partial charge in [0, 0.05) is 6.54 Å². The third-order valence-electron chi connectivity index (χ3n) is 1.99. The van der Waals surface area contributed by atoms with Gasteiger partial charge in [0.2, 0.25) is 0 Å². The van der Waals surface area contributed by atoms with Crippen molar-refractivity contribution in [2.75, 3.05) is 11.3 Å². The van der Waals surface area contributed by atoms with Gasteiger partial charge in [0.15, 0.2) is 0 Å². The van der Waals surface area contributed by atoms with Crippen molar-refractivity contribution in [3.63, 3.8) is 0 Å². The number of hydrogen-bond donors (Lipinski definition) is 3. The van der Waals surface area contributed by atoms with Crippen molar-refractivity contribution in [1.82, 2.24) is 4.72 Å². The fourth-order valence-electron chi connectivity index (χ4n) is 1.18. The van der Waals surface area contributed by atoms with Gasteiger partial charge in [0.05, 0.1) is 11.3 Å². The summed E-state index contributed by atoms with van der Waals surface area (Å²) in [5, 5.41) is 8.61. The highest BCUT2D eigenvalue weighted by molar-refractivity contribution is 7.90. The maximum Gasteiger partial charge on any atom is 0.338 e. The molecule has 0 saturated heterocycles. The Morgan fingerprint density at radius 2 is 2.11 bits per heavy atom. The number of carbonyl (C=O) groups is 1. The lowest BCUT2D eigenvalue weighted by Gasteiger charge is -2.09. The largest absolute Gasteiger partial charge is 0.478 e. The molecule has 0 atom stereocenters. The molecule has 1 aromatic carbocycles. The van der Waals surface area contributed by atoms with E-state index in [2.05, 4.69) is 9.44 Å². The molecule has 0 aliphatic heterocycles. The average Bonchev–Trinajstić information content (AvgIpc) is 2.25. The summed E-state index contributed by atoms with van der Waals surface area (Å²) in [7, 11) is -3.76. The van der Waals surface area contributed by atoms with E-state index in [0.29, 0.717) is 6.42 Å². The number of aromatic carboxylic acids is 1. The molecule has 1 rings (SSSR count).